The second-order valence-corrected chi connectivity index (χ2v) is 13.5. The van der Waals surface area contributed by atoms with Crippen molar-refractivity contribution in [3.63, 3.8) is 0 Å². The fourth-order valence-corrected chi connectivity index (χ4v) is 7.25. The van der Waals surface area contributed by atoms with Crippen molar-refractivity contribution in [3.05, 3.63) is 83.9 Å². The first-order valence-corrected chi connectivity index (χ1v) is 17.6. The predicted octanol–water partition coefficient (Wildman–Crippen LogP) is 4.02. The number of thiophene rings is 1. The predicted molar refractivity (Wildman–Crippen MR) is 201 cm³/mol. The number of nitrogens with zero attached hydrogens (tertiary/aromatic N) is 2. The topological polar surface area (TPSA) is 237 Å². The highest BCUT2D eigenvalue weighted by Crippen LogP contribution is 2.40. The van der Waals surface area contributed by atoms with E-state index in [1.165, 1.54) is 77.1 Å². The normalized spacial score (nSPS) is 15.1. The first-order valence-electron chi connectivity index (χ1n) is 16.8. The molecule has 14 nitrogen and oxygen atoms in total. The van der Waals surface area contributed by atoms with Gasteiger partial charge in [-0.3, -0.25) is 4.90 Å². The van der Waals surface area contributed by atoms with E-state index in [1.807, 2.05) is 11.3 Å². The minimum Gasteiger partial charge on any atom is -0.494 e. The highest BCUT2D eigenvalue weighted by molar-refractivity contribution is 7.22. The van der Waals surface area contributed by atoms with Gasteiger partial charge in [0.25, 0.3) is 0 Å². The van der Waals surface area contributed by atoms with Crippen molar-refractivity contribution in [2.75, 3.05) is 53.0 Å². The lowest BCUT2D eigenvalue weighted by Crippen LogP contribution is -2.25. The van der Waals surface area contributed by atoms with E-state index in [4.69, 9.17) is 49.1 Å². The minimum atomic E-state index is -1.82. The van der Waals surface area contributed by atoms with E-state index in [0.29, 0.717) is 0 Å². The van der Waals surface area contributed by atoms with Gasteiger partial charge in [-0.2, -0.15) is 0 Å². The third-order valence-corrected chi connectivity index (χ3v) is 9.91. The summed E-state index contributed by atoms with van der Waals surface area (Å²) in [6, 6.07) is 26.2. The number of hydrogen-bond donors (Lipinski definition) is 4. The van der Waals surface area contributed by atoms with Crippen LogP contribution in [0.4, 0.5) is 0 Å². The summed E-state index contributed by atoms with van der Waals surface area (Å²) in [5.41, 5.74) is 3.97. The number of carbonyl (C=O) groups is 4. The Morgan fingerprint density at radius 1 is 0.736 bits per heavy atom. The van der Waals surface area contributed by atoms with E-state index in [9.17, 15) is 0 Å². The zero-order chi connectivity index (χ0) is 36.8. The SMILES string of the molecule is CN1CCC(CCOc2ccc(Cc3c(-c4ccc(OCCN5CCCC5)cc4)sc4ccccc34)cc2)C1.O.O.O=C(O)C(=O)O.O=C(O)C(=O)O. The van der Waals surface area contributed by atoms with Crippen molar-refractivity contribution in [3.8, 4) is 21.9 Å². The van der Waals surface area contributed by atoms with Crippen molar-refractivity contribution in [2.24, 2.45) is 5.92 Å². The largest absolute Gasteiger partial charge is 0.494 e. The van der Waals surface area contributed by atoms with Crippen molar-refractivity contribution >= 4 is 45.3 Å². The maximum Gasteiger partial charge on any atom is 0.414 e. The van der Waals surface area contributed by atoms with Crippen LogP contribution in [0.3, 0.4) is 0 Å². The summed E-state index contributed by atoms with van der Waals surface area (Å²) in [6.07, 6.45) is 5.98. The number of rotatable bonds is 11. The van der Waals surface area contributed by atoms with E-state index in [2.05, 4.69) is 89.6 Å². The van der Waals surface area contributed by atoms with Crippen LogP contribution in [0, 0.1) is 5.92 Å². The van der Waals surface area contributed by atoms with E-state index >= 15 is 0 Å². The Bertz CT molecular complexity index is 1710. The second-order valence-electron chi connectivity index (χ2n) is 12.4. The molecule has 2 saturated heterocycles. The van der Waals surface area contributed by atoms with Crippen LogP contribution in [0.15, 0.2) is 72.8 Å². The zero-order valence-electron chi connectivity index (χ0n) is 29.5. The highest BCUT2D eigenvalue weighted by Gasteiger charge is 2.19. The van der Waals surface area contributed by atoms with Crippen LogP contribution in [0.1, 0.15) is 36.8 Å². The lowest BCUT2D eigenvalue weighted by atomic mass is 9.99. The molecule has 1 unspecified atom stereocenters. The molecule has 1 atom stereocenters. The fraction of sp³-hybridized carbons (Fsp3) is 0.368. The third kappa shape index (κ3) is 14.1. The summed E-state index contributed by atoms with van der Waals surface area (Å²) >= 11 is 1.89. The van der Waals surface area contributed by atoms with Gasteiger partial charge in [0, 0.05) is 22.7 Å². The average molecular weight is 757 g/mol. The Kier molecular flexibility index (Phi) is 18.4. The monoisotopic (exact) mass is 756 g/mol. The molecule has 8 N–H and O–H groups in total. The highest BCUT2D eigenvalue weighted by atomic mass is 32.1. The number of ether oxygens (including phenoxy) is 2. The van der Waals surface area contributed by atoms with Gasteiger partial charge in [0.15, 0.2) is 0 Å². The molecule has 1 aromatic heterocycles. The smallest absolute Gasteiger partial charge is 0.414 e. The van der Waals surface area contributed by atoms with Crippen LogP contribution in [0.2, 0.25) is 0 Å². The molecule has 0 spiro atoms. The molecule has 0 saturated carbocycles. The summed E-state index contributed by atoms with van der Waals surface area (Å²) in [7, 11) is 2.21. The van der Waals surface area contributed by atoms with Crippen molar-refractivity contribution < 1.29 is 60.0 Å². The average Bonchev–Trinajstić information content (AvgIpc) is 3.87. The number of hydrogen-bond acceptors (Lipinski definition) is 9. The van der Waals surface area contributed by atoms with Gasteiger partial charge in [-0.05, 0) is 129 Å². The molecule has 288 valence electrons. The summed E-state index contributed by atoms with van der Waals surface area (Å²) in [5, 5.41) is 30.9. The Morgan fingerprint density at radius 3 is 1.83 bits per heavy atom. The van der Waals surface area contributed by atoms with Gasteiger partial charge in [-0.1, -0.05) is 30.3 Å². The lowest BCUT2D eigenvalue weighted by Gasteiger charge is -2.15. The summed E-state index contributed by atoms with van der Waals surface area (Å²) < 4.78 is 13.5. The Morgan fingerprint density at radius 2 is 1.28 bits per heavy atom. The van der Waals surface area contributed by atoms with E-state index in [-0.39, 0.29) is 11.0 Å². The van der Waals surface area contributed by atoms with E-state index < -0.39 is 23.9 Å². The first-order chi connectivity index (χ1) is 24.5. The second kappa shape index (κ2) is 22.1. The van der Waals surface area contributed by atoms with Crippen LogP contribution in [-0.2, 0) is 25.6 Å². The quantitative estimate of drug-likeness (QED) is 0.159. The zero-order valence-corrected chi connectivity index (χ0v) is 30.3. The number of likely N-dealkylation sites (tertiary alicyclic amines) is 2. The molecular formula is C38H48N2O12S. The maximum absolute atomic E-state index is 9.10. The molecule has 2 aliphatic heterocycles. The number of aliphatic carboxylic acids is 4. The molecule has 0 bridgehead atoms. The first kappa shape index (κ1) is 44.1. The molecule has 53 heavy (non-hydrogen) atoms. The van der Waals surface area contributed by atoms with Crippen LogP contribution in [-0.4, -0.2) is 118 Å². The van der Waals surface area contributed by atoms with Gasteiger partial charge in [0.05, 0.1) is 6.61 Å². The van der Waals surface area contributed by atoms with Crippen LogP contribution < -0.4 is 9.47 Å². The summed E-state index contributed by atoms with van der Waals surface area (Å²) in [6.45, 7) is 7.42. The van der Waals surface area contributed by atoms with Crippen LogP contribution in [0.5, 0.6) is 11.5 Å². The molecule has 3 aromatic carbocycles. The third-order valence-electron chi connectivity index (χ3n) is 8.64. The fourth-order valence-electron chi connectivity index (χ4n) is 6.02. The Balaban J connectivity index is 0.000000604. The van der Waals surface area contributed by atoms with Crippen LogP contribution in [0.25, 0.3) is 20.5 Å². The number of benzene rings is 3. The Hall–Kier alpha value is -5.06. The molecule has 4 aromatic rings. The number of fused-ring (bicyclic) bond motifs is 1. The van der Waals surface area contributed by atoms with Gasteiger partial charge in [0.2, 0.25) is 0 Å². The molecule has 15 heteroatoms. The summed E-state index contributed by atoms with van der Waals surface area (Å²) in [5.74, 6) is -4.60. The van der Waals surface area contributed by atoms with Crippen molar-refractivity contribution in [1.29, 1.82) is 0 Å². The van der Waals surface area contributed by atoms with Gasteiger partial charge in [-0.25, -0.2) is 19.2 Å². The number of carboxylic acids is 4. The summed E-state index contributed by atoms with van der Waals surface area (Å²) in [4.78, 5) is 42.7. The van der Waals surface area contributed by atoms with Crippen molar-refractivity contribution in [2.45, 2.75) is 32.1 Å². The minimum absolute atomic E-state index is 0. The van der Waals surface area contributed by atoms with Crippen molar-refractivity contribution in [1.82, 2.24) is 9.80 Å². The molecule has 0 radical (unpaired) electrons. The van der Waals surface area contributed by atoms with E-state index in [1.54, 1.807) is 0 Å². The lowest BCUT2D eigenvalue weighted by molar-refractivity contribution is -0.159. The molecule has 6 rings (SSSR count). The molecular weight excluding hydrogens is 708 g/mol. The maximum atomic E-state index is 9.10. The standard InChI is InChI=1S/C34H40N2O2S.2C2H2O4.2H2O/c1-35-20-16-27(25-35)17-22-37-29-12-8-26(9-13-29)24-32-31-6-2-3-7-33(31)39-34(32)28-10-14-30(15-11-28)38-23-21-36-18-4-5-19-36;2*3-1(4)2(5)6;;/h2-3,6-15,27H,4-5,16-25H2,1H3;2*(H,3,4)(H,5,6);2*1H2. The van der Waals surface area contributed by atoms with Gasteiger partial charge in [0.1, 0.15) is 18.1 Å². The van der Waals surface area contributed by atoms with Gasteiger partial charge in [-0.15, -0.1) is 11.3 Å². The Labute approximate surface area is 311 Å². The number of carboxylic acid groups (broad SMARTS) is 4. The molecule has 0 aliphatic carbocycles. The van der Waals surface area contributed by atoms with Crippen LogP contribution >= 0.6 is 11.3 Å². The molecule has 0 amide bonds. The van der Waals surface area contributed by atoms with E-state index in [0.717, 1.165) is 50.0 Å². The molecule has 3 heterocycles. The van der Waals surface area contributed by atoms with Gasteiger partial charge >= 0.3 is 23.9 Å². The van der Waals surface area contributed by atoms with Gasteiger partial charge < -0.3 is 45.8 Å². The molecule has 2 fully saturated rings. The molecule has 2 aliphatic rings.